The second kappa shape index (κ2) is 6.96. The lowest BCUT2D eigenvalue weighted by atomic mass is 9.93. The fourth-order valence-electron chi connectivity index (χ4n) is 3.77. The highest BCUT2D eigenvalue weighted by Gasteiger charge is 2.31. The summed E-state index contributed by atoms with van der Waals surface area (Å²) in [6, 6.07) is 12.0. The second-order valence-electron chi connectivity index (χ2n) is 6.87. The Morgan fingerprint density at radius 3 is 2.69 bits per heavy atom. The van der Waals surface area contributed by atoms with Gasteiger partial charge in [-0.05, 0) is 62.7 Å². The van der Waals surface area contributed by atoms with Gasteiger partial charge < -0.3 is 14.6 Å². The third-order valence-corrected chi connectivity index (χ3v) is 5.15. The summed E-state index contributed by atoms with van der Waals surface area (Å²) in [6.07, 6.45) is 1.31. The van der Waals surface area contributed by atoms with Crippen LogP contribution in [0.15, 0.2) is 36.4 Å². The molecule has 6 heteroatoms. The van der Waals surface area contributed by atoms with Gasteiger partial charge in [-0.1, -0.05) is 12.1 Å². The first kappa shape index (κ1) is 16.8. The van der Waals surface area contributed by atoms with Crippen LogP contribution in [0.2, 0.25) is 0 Å². The van der Waals surface area contributed by atoms with E-state index in [9.17, 15) is 9.90 Å². The molecule has 0 aliphatic carbocycles. The number of hydrogen-bond donors (Lipinski definition) is 1. The number of carbonyl (C=O) groups is 1. The first-order valence-electron chi connectivity index (χ1n) is 8.92. The van der Waals surface area contributed by atoms with Crippen molar-refractivity contribution in [1.29, 1.82) is 0 Å². The summed E-state index contributed by atoms with van der Waals surface area (Å²) >= 11 is 0. The Hall–Kier alpha value is -2.60. The van der Waals surface area contributed by atoms with Gasteiger partial charge in [0.05, 0.1) is 17.7 Å². The number of piperidine rings is 1. The van der Waals surface area contributed by atoms with Crippen LogP contribution in [0.3, 0.4) is 0 Å². The number of carboxylic acids is 1. The molecule has 2 aliphatic heterocycles. The van der Waals surface area contributed by atoms with Crippen molar-refractivity contribution in [2.45, 2.75) is 25.8 Å². The Kier molecular flexibility index (Phi) is 4.51. The summed E-state index contributed by atoms with van der Waals surface area (Å²) in [7, 11) is 0. The van der Waals surface area contributed by atoms with Gasteiger partial charge in [0.1, 0.15) is 0 Å². The first-order chi connectivity index (χ1) is 12.6. The summed E-state index contributed by atoms with van der Waals surface area (Å²) in [5, 5.41) is 9.28. The predicted molar refractivity (Wildman–Crippen MR) is 95.3 cm³/mol. The predicted octanol–water partition coefficient (Wildman–Crippen LogP) is 3.00. The lowest BCUT2D eigenvalue weighted by Gasteiger charge is -2.36. The van der Waals surface area contributed by atoms with Crippen molar-refractivity contribution in [3.05, 3.63) is 53.3 Å². The lowest BCUT2D eigenvalue weighted by Crippen LogP contribution is -2.39. The summed E-state index contributed by atoms with van der Waals surface area (Å²) in [4.78, 5) is 18.3. The zero-order chi connectivity index (χ0) is 18.1. The molecule has 26 heavy (non-hydrogen) atoms. The number of pyridine rings is 1. The number of aromatic nitrogens is 1. The minimum absolute atomic E-state index is 0.0286. The van der Waals surface area contributed by atoms with Crippen LogP contribution in [0, 0.1) is 12.8 Å². The van der Waals surface area contributed by atoms with Crippen molar-refractivity contribution in [1.82, 2.24) is 9.88 Å². The molecule has 1 saturated heterocycles. The van der Waals surface area contributed by atoms with Crippen molar-refractivity contribution in [3.63, 3.8) is 0 Å². The highest BCUT2D eigenvalue weighted by Crippen LogP contribution is 2.38. The maximum Gasteiger partial charge on any atom is 0.306 e. The van der Waals surface area contributed by atoms with E-state index in [1.807, 2.05) is 43.3 Å². The van der Waals surface area contributed by atoms with E-state index in [1.165, 1.54) is 0 Å². The van der Waals surface area contributed by atoms with E-state index in [2.05, 4.69) is 4.90 Å². The van der Waals surface area contributed by atoms with Crippen molar-refractivity contribution < 1.29 is 19.4 Å². The van der Waals surface area contributed by atoms with Gasteiger partial charge in [0.2, 0.25) is 6.79 Å². The number of fused-ring (bicyclic) bond motifs is 1. The van der Waals surface area contributed by atoms with Crippen LogP contribution in [0.4, 0.5) is 0 Å². The van der Waals surface area contributed by atoms with Gasteiger partial charge in [0.25, 0.3) is 0 Å². The Labute approximate surface area is 152 Å². The molecule has 3 heterocycles. The highest BCUT2D eigenvalue weighted by atomic mass is 16.7. The molecule has 1 aromatic heterocycles. The zero-order valence-corrected chi connectivity index (χ0v) is 14.7. The first-order valence-corrected chi connectivity index (χ1v) is 8.92. The third-order valence-electron chi connectivity index (χ3n) is 5.15. The number of ether oxygens (including phenoxy) is 2. The topological polar surface area (TPSA) is 71.9 Å². The van der Waals surface area contributed by atoms with Gasteiger partial charge >= 0.3 is 5.97 Å². The number of aliphatic carboxylic acids is 1. The van der Waals surface area contributed by atoms with Gasteiger partial charge in [-0.15, -0.1) is 0 Å². The van der Waals surface area contributed by atoms with E-state index < -0.39 is 5.97 Å². The number of carboxylic acid groups (broad SMARTS) is 1. The van der Waals surface area contributed by atoms with Crippen LogP contribution >= 0.6 is 0 Å². The molecule has 0 bridgehead atoms. The maximum absolute atomic E-state index is 11.3. The molecule has 0 amide bonds. The van der Waals surface area contributed by atoms with E-state index in [0.717, 1.165) is 41.5 Å². The number of benzene rings is 1. The van der Waals surface area contributed by atoms with Crippen molar-refractivity contribution in [2.24, 2.45) is 5.92 Å². The zero-order valence-electron chi connectivity index (χ0n) is 14.7. The molecule has 1 unspecified atom stereocenters. The SMILES string of the molecule is Cc1cccc(C(c2ccc3c(c2)OCO3)N2CCC(C(=O)O)CC2)n1. The molecular weight excluding hydrogens is 332 g/mol. The van der Waals surface area contributed by atoms with Crippen LogP contribution in [-0.2, 0) is 4.79 Å². The fraction of sp³-hybridized carbons (Fsp3) is 0.400. The summed E-state index contributed by atoms with van der Waals surface area (Å²) in [5.41, 5.74) is 3.02. The van der Waals surface area contributed by atoms with Crippen LogP contribution < -0.4 is 9.47 Å². The van der Waals surface area contributed by atoms with Crippen LogP contribution in [0.25, 0.3) is 0 Å². The third kappa shape index (κ3) is 3.24. The lowest BCUT2D eigenvalue weighted by molar-refractivity contribution is -0.143. The maximum atomic E-state index is 11.3. The molecule has 1 atom stereocenters. The second-order valence-corrected chi connectivity index (χ2v) is 6.87. The van der Waals surface area contributed by atoms with Gasteiger partial charge in [0.15, 0.2) is 11.5 Å². The van der Waals surface area contributed by atoms with E-state index >= 15 is 0 Å². The molecule has 1 aromatic carbocycles. The average Bonchev–Trinajstić information content (AvgIpc) is 3.10. The Bertz CT molecular complexity index is 815. The molecule has 0 spiro atoms. The molecule has 2 aromatic rings. The van der Waals surface area contributed by atoms with Gasteiger partial charge in [0, 0.05) is 5.69 Å². The monoisotopic (exact) mass is 354 g/mol. The van der Waals surface area contributed by atoms with Crippen LogP contribution in [-0.4, -0.2) is 40.8 Å². The number of rotatable bonds is 4. The smallest absolute Gasteiger partial charge is 0.306 e. The largest absolute Gasteiger partial charge is 0.481 e. The molecule has 6 nitrogen and oxygen atoms in total. The Balaban J connectivity index is 1.67. The molecule has 1 N–H and O–H groups in total. The van der Waals surface area contributed by atoms with Gasteiger partial charge in [-0.2, -0.15) is 0 Å². The molecule has 4 rings (SSSR count). The Morgan fingerprint density at radius 1 is 1.19 bits per heavy atom. The van der Waals surface area contributed by atoms with E-state index in [4.69, 9.17) is 14.5 Å². The number of likely N-dealkylation sites (tertiary alicyclic amines) is 1. The number of aryl methyl sites for hydroxylation is 1. The normalized spacial score (nSPS) is 18.7. The van der Waals surface area contributed by atoms with Crippen molar-refractivity contribution in [3.8, 4) is 11.5 Å². The molecule has 1 fully saturated rings. The molecule has 0 radical (unpaired) electrons. The molecule has 2 aliphatic rings. The average molecular weight is 354 g/mol. The minimum Gasteiger partial charge on any atom is -0.481 e. The van der Waals surface area contributed by atoms with Crippen molar-refractivity contribution >= 4 is 5.97 Å². The van der Waals surface area contributed by atoms with E-state index in [0.29, 0.717) is 12.8 Å². The number of nitrogens with zero attached hydrogens (tertiary/aromatic N) is 2. The van der Waals surface area contributed by atoms with Crippen LogP contribution in [0.5, 0.6) is 11.5 Å². The quantitative estimate of drug-likeness (QED) is 0.910. The molecule has 0 saturated carbocycles. The highest BCUT2D eigenvalue weighted by molar-refractivity contribution is 5.70. The van der Waals surface area contributed by atoms with Gasteiger partial charge in [-0.25, -0.2) is 0 Å². The Morgan fingerprint density at radius 2 is 1.96 bits per heavy atom. The van der Waals surface area contributed by atoms with E-state index in [1.54, 1.807) is 0 Å². The van der Waals surface area contributed by atoms with Crippen molar-refractivity contribution in [2.75, 3.05) is 19.9 Å². The van der Waals surface area contributed by atoms with E-state index in [-0.39, 0.29) is 18.8 Å². The standard InChI is InChI=1S/C20H22N2O4/c1-13-3-2-4-16(21-13)19(22-9-7-14(8-10-22)20(23)24)15-5-6-17-18(11-15)26-12-25-17/h2-6,11,14,19H,7-10,12H2,1H3,(H,23,24). The molecular formula is C20H22N2O4. The summed E-state index contributed by atoms with van der Waals surface area (Å²) in [6.45, 7) is 3.68. The van der Waals surface area contributed by atoms with Crippen LogP contribution in [0.1, 0.15) is 35.8 Å². The fourth-order valence-corrected chi connectivity index (χ4v) is 3.77. The molecule has 136 valence electrons. The minimum atomic E-state index is -0.696. The summed E-state index contributed by atoms with van der Waals surface area (Å²) < 4.78 is 11.0. The number of hydrogen-bond acceptors (Lipinski definition) is 5. The van der Waals surface area contributed by atoms with Gasteiger partial charge in [-0.3, -0.25) is 14.7 Å². The summed E-state index contributed by atoms with van der Waals surface area (Å²) in [5.74, 6) is 0.557.